The van der Waals surface area contributed by atoms with Crippen LogP contribution in [0, 0.1) is 44.8 Å². The average molecular weight is 482 g/mol. The summed E-state index contributed by atoms with van der Waals surface area (Å²) < 4.78 is 5.08. The second-order valence-corrected chi connectivity index (χ2v) is 12.8. The van der Waals surface area contributed by atoms with Crippen molar-refractivity contribution in [1.82, 2.24) is 4.90 Å². The molecular formula is C29H39NO5. The van der Waals surface area contributed by atoms with Crippen LogP contribution in [0.1, 0.15) is 60.8 Å². The van der Waals surface area contributed by atoms with E-state index in [1.165, 1.54) is 0 Å². The summed E-state index contributed by atoms with van der Waals surface area (Å²) in [4.78, 5) is 40.2. The quantitative estimate of drug-likeness (QED) is 0.579. The van der Waals surface area contributed by atoms with Crippen LogP contribution in [0.2, 0.25) is 0 Å². The van der Waals surface area contributed by atoms with Crippen molar-refractivity contribution in [2.75, 3.05) is 13.1 Å². The summed E-state index contributed by atoms with van der Waals surface area (Å²) in [5, 5.41) is 12.0. The molecule has 3 saturated carbocycles. The monoisotopic (exact) mass is 481 g/mol. The van der Waals surface area contributed by atoms with Crippen LogP contribution < -0.4 is 0 Å². The Balaban J connectivity index is 1.65. The molecule has 0 aromatic rings. The Hall–Kier alpha value is -2.21. The van der Waals surface area contributed by atoms with E-state index in [9.17, 15) is 19.5 Å². The molecular weight excluding hydrogens is 442 g/mol. The summed E-state index contributed by atoms with van der Waals surface area (Å²) in [7, 11) is 0. The van der Waals surface area contributed by atoms with Gasteiger partial charge in [0.2, 0.25) is 0 Å². The van der Waals surface area contributed by atoms with Crippen LogP contribution in [0.5, 0.6) is 0 Å². The lowest BCUT2D eigenvalue weighted by Gasteiger charge is -2.70. The molecule has 0 unspecified atom stereocenters. The van der Waals surface area contributed by atoms with Crippen molar-refractivity contribution in [2.24, 2.45) is 44.8 Å². The van der Waals surface area contributed by atoms with Gasteiger partial charge in [0.15, 0.2) is 5.78 Å². The zero-order valence-corrected chi connectivity index (χ0v) is 21.9. The number of allylic oxidation sites excluding steroid dienone is 4. The van der Waals surface area contributed by atoms with Gasteiger partial charge in [0.1, 0.15) is 5.78 Å². The smallest absolute Gasteiger partial charge is 0.414 e. The molecule has 1 aliphatic heterocycles. The lowest BCUT2D eigenvalue weighted by atomic mass is 9.34. The van der Waals surface area contributed by atoms with Gasteiger partial charge in [0.05, 0.1) is 17.8 Å². The summed E-state index contributed by atoms with van der Waals surface area (Å²) in [6.45, 7) is 17.1. The van der Waals surface area contributed by atoms with Crippen LogP contribution in [-0.2, 0) is 14.3 Å². The highest BCUT2D eigenvalue weighted by molar-refractivity contribution is 6.01. The van der Waals surface area contributed by atoms with Crippen LogP contribution >= 0.6 is 0 Å². The number of Topliss-reactive ketones (excluding diaryl/α,β-unsaturated/α-hetero) is 1. The van der Waals surface area contributed by atoms with Gasteiger partial charge in [-0.3, -0.25) is 9.59 Å². The van der Waals surface area contributed by atoms with Crippen LogP contribution in [0.15, 0.2) is 36.6 Å². The first-order valence-corrected chi connectivity index (χ1v) is 12.9. The standard InChI is InChI=1S/C29H39NO5/c1-8-35-24(34)30-15-19-13-26(5)22-11-17(2)21-12-20(32)9-10-25(21,4)28(22,7)23(33)14-27(26,6)29(19,16-30)18(3)31/h8-10,12,17,19,22-23,33H,1,11,13-16H2,2-7H3/t17-,19-,22-,23-,25-,26-,27-,28+,29-/m0/s1. The molecule has 1 saturated heterocycles. The Morgan fingerprint density at radius 2 is 1.91 bits per heavy atom. The average Bonchev–Trinajstić information content (AvgIpc) is 3.24. The zero-order valence-electron chi connectivity index (χ0n) is 21.9. The molecule has 190 valence electrons. The molecule has 0 aromatic heterocycles. The Labute approximate surface area is 208 Å². The Bertz CT molecular complexity index is 1090. The first-order valence-electron chi connectivity index (χ1n) is 12.9. The molecule has 0 aromatic carbocycles. The first-order chi connectivity index (χ1) is 16.2. The van der Waals surface area contributed by atoms with Crippen LogP contribution in [0.25, 0.3) is 0 Å². The van der Waals surface area contributed by atoms with Gasteiger partial charge in [-0.25, -0.2) is 4.79 Å². The van der Waals surface area contributed by atoms with E-state index in [1.54, 1.807) is 24.0 Å². The van der Waals surface area contributed by atoms with E-state index >= 15 is 0 Å². The second kappa shape index (κ2) is 7.18. The highest BCUT2D eigenvalue weighted by Crippen LogP contribution is 2.80. The van der Waals surface area contributed by atoms with E-state index in [0.717, 1.165) is 24.7 Å². The molecule has 1 amide bonds. The lowest BCUT2D eigenvalue weighted by molar-refractivity contribution is -0.228. The number of ether oxygens (including phenoxy) is 1. The first kappa shape index (κ1) is 24.5. The van der Waals surface area contributed by atoms with Gasteiger partial charge >= 0.3 is 6.09 Å². The van der Waals surface area contributed by atoms with E-state index in [0.29, 0.717) is 19.5 Å². The lowest BCUT2D eigenvalue weighted by Crippen LogP contribution is -2.69. The number of aliphatic hydroxyl groups excluding tert-OH is 1. The normalized spacial score (nSPS) is 50.0. The van der Waals surface area contributed by atoms with Crippen molar-refractivity contribution in [3.8, 4) is 0 Å². The topological polar surface area (TPSA) is 83.9 Å². The molecule has 4 aliphatic carbocycles. The van der Waals surface area contributed by atoms with E-state index in [2.05, 4.69) is 41.2 Å². The molecule has 9 atom stereocenters. The predicted octanol–water partition coefficient (Wildman–Crippen LogP) is 4.69. The molecule has 1 N–H and O–H groups in total. The molecule has 5 aliphatic rings. The second-order valence-electron chi connectivity index (χ2n) is 12.8. The van der Waals surface area contributed by atoms with Crippen molar-refractivity contribution >= 4 is 17.7 Å². The van der Waals surface area contributed by atoms with Gasteiger partial charge in [-0.1, -0.05) is 52.8 Å². The van der Waals surface area contributed by atoms with Crippen molar-refractivity contribution in [2.45, 2.75) is 66.9 Å². The number of hydrogen-bond donors (Lipinski definition) is 1. The molecule has 0 spiro atoms. The van der Waals surface area contributed by atoms with Crippen LogP contribution in [0.3, 0.4) is 0 Å². The third kappa shape index (κ3) is 2.57. The molecule has 6 heteroatoms. The van der Waals surface area contributed by atoms with Gasteiger partial charge in [0.25, 0.3) is 0 Å². The summed E-state index contributed by atoms with van der Waals surface area (Å²) >= 11 is 0. The number of carbonyl (C=O) groups is 3. The van der Waals surface area contributed by atoms with E-state index in [4.69, 9.17) is 4.74 Å². The van der Waals surface area contributed by atoms with Crippen molar-refractivity contribution in [3.05, 3.63) is 36.6 Å². The molecule has 4 fully saturated rings. The maximum absolute atomic E-state index is 13.6. The number of rotatable bonds is 2. The fourth-order valence-corrected chi connectivity index (χ4v) is 10.1. The van der Waals surface area contributed by atoms with Gasteiger partial charge in [-0.05, 0) is 66.9 Å². The number of carbonyl (C=O) groups excluding carboxylic acids is 3. The van der Waals surface area contributed by atoms with Gasteiger partial charge in [0, 0.05) is 23.9 Å². The third-order valence-corrected chi connectivity index (χ3v) is 12.1. The van der Waals surface area contributed by atoms with E-state index in [1.807, 2.05) is 6.08 Å². The summed E-state index contributed by atoms with van der Waals surface area (Å²) in [5.41, 5.74) is -1.24. The summed E-state index contributed by atoms with van der Waals surface area (Å²) in [5.74, 6) is 0.466. The number of fused-ring (bicyclic) bond motifs is 7. The third-order valence-electron chi connectivity index (χ3n) is 12.1. The molecule has 35 heavy (non-hydrogen) atoms. The molecule has 6 nitrogen and oxygen atoms in total. The maximum atomic E-state index is 13.6. The maximum Gasteiger partial charge on any atom is 0.414 e. The Morgan fingerprint density at radius 1 is 1.23 bits per heavy atom. The summed E-state index contributed by atoms with van der Waals surface area (Å²) in [6.07, 6.45) is 7.66. The molecule has 5 rings (SSSR count). The molecule has 0 radical (unpaired) electrons. The van der Waals surface area contributed by atoms with Crippen LogP contribution in [0.4, 0.5) is 4.79 Å². The van der Waals surface area contributed by atoms with E-state index < -0.39 is 33.9 Å². The molecule has 0 bridgehead atoms. The minimum atomic E-state index is -0.733. The zero-order chi connectivity index (χ0) is 25.8. The number of ketones is 2. The fraction of sp³-hybridized carbons (Fsp3) is 0.690. The number of aliphatic hydroxyl groups is 1. The predicted molar refractivity (Wildman–Crippen MR) is 132 cm³/mol. The highest BCUT2D eigenvalue weighted by atomic mass is 16.5. The van der Waals surface area contributed by atoms with Crippen LogP contribution in [-0.4, -0.2) is 46.9 Å². The molecule has 1 heterocycles. The fourth-order valence-electron chi connectivity index (χ4n) is 10.1. The van der Waals surface area contributed by atoms with E-state index in [-0.39, 0.29) is 34.7 Å². The number of hydrogen-bond acceptors (Lipinski definition) is 5. The van der Waals surface area contributed by atoms with Gasteiger partial charge < -0.3 is 14.7 Å². The van der Waals surface area contributed by atoms with Gasteiger partial charge in [-0.2, -0.15) is 0 Å². The largest absolute Gasteiger partial charge is 0.419 e. The van der Waals surface area contributed by atoms with Crippen molar-refractivity contribution < 1.29 is 24.2 Å². The SMILES string of the molecule is C=COC(=O)N1C[C@@H]2C[C@@]3(C)[C@@H]4C[C@H](C)C5=CC(=O)C=C[C@]5(C)[C@@]4(C)[C@@H](O)C[C@]3(C)[C@]2(C(C)=O)C1. The summed E-state index contributed by atoms with van der Waals surface area (Å²) in [6, 6.07) is 0. The van der Waals surface area contributed by atoms with Crippen molar-refractivity contribution in [1.29, 1.82) is 0 Å². The van der Waals surface area contributed by atoms with Gasteiger partial charge in [-0.15, -0.1) is 0 Å². The van der Waals surface area contributed by atoms with Crippen molar-refractivity contribution in [3.63, 3.8) is 0 Å². The number of amides is 1. The number of likely N-dealkylation sites (tertiary alicyclic amines) is 1. The number of nitrogens with zero attached hydrogens (tertiary/aromatic N) is 1. The Kier molecular flexibility index (Phi) is 5.02. The Morgan fingerprint density at radius 3 is 2.54 bits per heavy atom. The minimum absolute atomic E-state index is 0.00504. The highest BCUT2D eigenvalue weighted by Gasteiger charge is 2.80. The minimum Gasteiger partial charge on any atom is -0.419 e.